The van der Waals surface area contributed by atoms with Crippen LogP contribution in [0.3, 0.4) is 0 Å². The number of aromatic nitrogens is 2. The predicted molar refractivity (Wildman–Crippen MR) is 60.8 cm³/mol. The van der Waals surface area contributed by atoms with Crippen LogP contribution in [0, 0.1) is 0 Å². The molecule has 0 atom stereocenters. The lowest BCUT2D eigenvalue weighted by Gasteiger charge is -1.85. The van der Waals surface area contributed by atoms with Crippen molar-refractivity contribution >= 4 is 11.6 Å². The Balaban J connectivity index is 2.15. The molecule has 0 unspecified atom stereocenters. The van der Waals surface area contributed by atoms with E-state index in [0.717, 1.165) is 0 Å². The Labute approximate surface area is 103 Å². The number of nitrogens with zero attached hydrogens (tertiary/aromatic N) is 2. The van der Waals surface area contributed by atoms with Gasteiger partial charge in [0.05, 0.1) is 12.8 Å². The van der Waals surface area contributed by atoms with E-state index in [9.17, 15) is 9.59 Å². The third-order valence-electron chi connectivity index (χ3n) is 2.23. The first kappa shape index (κ1) is 12.2. The van der Waals surface area contributed by atoms with Crippen molar-refractivity contribution in [3.63, 3.8) is 0 Å². The van der Waals surface area contributed by atoms with Crippen molar-refractivity contribution in [3.8, 4) is 11.4 Å². The standard InChI is InChI=1S/C12H12N2O4/c1-7(15)3-9-5-11(13-17-9)12-6-10(18-14-12)4-8(2)16/h5-6H,3-4H2,1-2H3. The fourth-order valence-electron chi connectivity index (χ4n) is 1.52. The molecule has 0 aliphatic heterocycles. The van der Waals surface area contributed by atoms with Crippen molar-refractivity contribution in [2.45, 2.75) is 26.7 Å². The molecule has 18 heavy (non-hydrogen) atoms. The molecule has 0 amide bonds. The van der Waals surface area contributed by atoms with Crippen molar-refractivity contribution in [2.24, 2.45) is 0 Å². The Kier molecular flexibility index (Phi) is 3.36. The zero-order chi connectivity index (χ0) is 13.1. The van der Waals surface area contributed by atoms with E-state index < -0.39 is 0 Å². The molecule has 0 fully saturated rings. The molecule has 94 valence electrons. The minimum absolute atomic E-state index is 0.00452. The summed E-state index contributed by atoms with van der Waals surface area (Å²) in [6, 6.07) is 3.27. The summed E-state index contributed by atoms with van der Waals surface area (Å²) in [6.07, 6.45) is 0.399. The first-order valence-corrected chi connectivity index (χ1v) is 5.45. The maximum absolute atomic E-state index is 10.9. The molecule has 2 rings (SSSR count). The quantitative estimate of drug-likeness (QED) is 0.798. The summed E-state index contributed by atoms with van der Waals surface area (Å²) in [5.41, 5.74) is 0.981. The van der Waals surface area contributed by atoms with Crippen LogP contribution in [-0.2, 0) is 22.4 Å². The molecule has 0 saturated carbocycles. The Morgan fingerprint density at radius 3 is 1.67 bits per heavy atom. The summed E-state index contributed by atoms with van der Waals surface area (Å²) < 4.78 is 10.0. The maximum Gasteiger partial charge on any atom is 0.144 e. The van der Waals surface area contributed by atoms with Crippen LogP contribution in [-0.4, -0.2) is 21.9 Å². The lowest BCUT2D eigenvalue weighted by molar-refractivity contribution is -0.117. The Morgan fingerprint density at radius 1 is 0.944 bits per heavy atom. The molecule has 6 nitrogen and oxygen atoms in total. The summed E-state index contributed by atoms with van der Waals surface area (Å²) in [5, 5.41) is 7.59. The van der Waals surface area contributed by atoms with Crippen LogP contribution >= 0.6 is 0 Å². The van der Waals surface area contributed by atoms with Gasteiger partial charge in [-0.1, -0.05) is 10.3 Å². The molecule has 6 heteroatoms. The molecule has 0 saturated heterocycles. The monoisotopic (exact) mass is 248 g/mol. The van der Waals surface area contributed by atoms with Gasteiger partial charge in [0.2, 0.25) is 0 Å². The summed E-state index contributed by atoms with van der Waals surface area (Å²) >= 11 is 0. The molecule has 0 aliphatic rings. The number of rotatable bonds is 5. The second-order valence-corrected chi connectivity index (χ2v) is 4.11. The van der Waals surface area contributed by atoms with Crippen molar-refractivity contribution in [2.75, 3.05) is 0 Å². The van der Waals surface area contributed by atoms with Crippen molar-refractivity contribution < 1.29 is 18.6 Å². The molecule has 2 aromatic rings. The van der Waals surface area contributed by atoms with Gasteiger partial charge in [-0.15, -0.1) is 0 Å². The topological polar surface area (TPSA) is 86.2 Å². The first-order valence-electron chi connectivity index (χ1n) is 5.45. The van der Waals surface area contributed by atoms with Gasteiger partial charge in [0.15, 0.2) is 0 Å². The maximum atomic E-state index is 10.9. The van der Waals surface area contributed by atoms with Gasteiger partial charge in [-0.3, -0.25) is 9.59 Å². The average molecular weight is 248 g/mol. The van der Waals surface area contributed by atoms with Crippen LogP contribution in [0.1, 0.15) is 25.4 Å². The number of Topliss-reactive ketones (excluding diaryl/α,β-unsaturated/α-hetero) is 2. The Hall–Kier alpha value is -2.24. The van der Waals surface area contributed by atoms with E-state index in [1.807, 2.05) is 0 Å². The Morgan fingerprint density at radius 2 is 1.33 bits per heavy atom. The number of hydrogen-bond donors (Lipinski definition) is 0. The largest absolute Gasteiger partial charge is 0.360 e. The van der Waals surface area contributed by atoms with Gasteiger partial charge in [-0.05, 0) is 13.8 Å². The van der Waals surface area contributed by atoms with Crippen molar-refractivity contribution in [1.29, 1.82) is 0 Å². The van der Waals surface area contributed by atoms with Crippen LogP contribution in [0.25, 0.3) is 11.4 Å². The van der Waals surface area contributed by atoms with Gasteiger partial charge in [-0.2, -0.15) is 0 Å². The highest BCUT2D eigenvalue weighted by Gasteiger charge is 2.13. The minimum Gasteiger partial charge on any atom is -0.360 e. The van der Waals surface area contributed by atoms with E-state index in [-0.39, 0.29) is 24.4 Å². The van der Waals surface area contributed by atoms with E-state index in [4.69, 9.17) is 9.05 Å². The predicted octanol–water partition coefficient (Wildman–Crippen LogP) is 1.59. The highest BCUT2D eigenvalue weighted by atomic mass is 16.5. The van der Waals surface area contributed by atoms with Gasteiger partial charge in [0, 0.05) is 12.1 Å². The highest BCUT2D eigenvalue weighted by molar-refractivity contribution is 5.78. The van der Waals surface area contributed by atoms with Gasteiger partial charge in [-0.25, -0.2) is 0 Å². The number of carbonyl (C=O) groups is 2. The van der Waals surface area contributed by atoms with Crippen LogP contribution in [0.2, 0.25) is 0 Å². The zero-order valence-electron chi connectivity index (χ0n) is 10.1. The number of ketones is 2. The summed E-state index contributed by atoms with van der Waals surface area (Å²) in [5.74, 6) is 0.951. The van der Waals surface area contributed by atoms with Crippen LogP contribution in [0.15, 0.2) is 21.2 Å². The lowest BCUT2D eigenvalue weighted by Crippen LogP contribution is -1.93. The van der Waals surface area contributed by atoms with Crippen LogP contribution in [0.5, 0.6) is 0 Å². The minimum atomic E-state index is -0.00452. The zero-order valence-corrected chi connectivity index (χ0v) is 10.1. The molecule has 0 radical (unpaired) electrons. The second-order valence-electron chi connectivity index (χ2n) is 4.11. The van der Waals surface area contributed by atoms with Crippen molar-refractivity contribution in [3.05, 3.63) is 23.7 Å². The first-order chi connectivity index (χ1) is 8.54. The van der Waals surface area contributed by atoms with E-state index in [1.165, 1.54) is 13.8 Å². The SMILES string of the molecule is CC(=O)Cc1cc(-c2cc(CC(C)=O)on2)no1. The third-order valence-corrected chi connectivity index (χ3v) is 2.23. The fraction of sp³-hybridized carbons (Fsp3) is 0.333. The van der Waals surface area contributed by atoms with Gasteiger partial charge < -0.3 is 9.05 Å². The van der Waals surface area contributed by atoms with Gasteiger partial charge in [0.1, 0.15) is 34.5 Å². The number of hydrogen-bond acceptors (Lipinski definition) is 6. The van der Waals surface area contributed by atoms with Crippen LogP contribution in [0.4, 0.5) is 0 Å². The van der Waals surface area contributed by atoms with Gasteiger partial charge in [0.25, 0.3) is 0 Å². The summed E-state index contributed by atoms with van der Waals surface area (Å²) in [6.45, 7) is 2.95. The Bertz CT molecular complexity index is 530. The van der Waals surface area contributed by atoms with E-state index >= 15 is 0 Å². The smallest absolute Gasteiger partial charge is 0.144 e. The lowest BCUT2D eigenvalue weighted by atomic mass is 10.2. The van der Waals surface area contributed by atoms with E-state index in [2.05, 4.69) is 10.3 Å². The van der Waals surface area contributed by atoms with E-state index in [0.29, 0.717) is 22.9 Å². The number of carbonyl (C=O) groups excluding carboxylic acids is 2. The molecular formula is C12H12N2O4. The molecule has 0 aliphatic carbocycles. The highest BCUT2D eigenvalue weighted by Crippen LogP contribution is 2.19. The molecule has 2 aromatic heterocycles. The normalized spacial score (nSPS) is 10.6. The third kappa shape index (κ3) is 2.91. The molecule has 0 aromatic carbocycles. The average Bonchev–Trinajstić information content (AvgIpc) is 2.85. The summed E-state index contributed by atoms with van der Waals surface area (Å²) in [7, 11) is 0. The molecule has 0 N–H and O–H groups in total. The molecule has 0 spiro atoms. The summed E-state index contributed by atoms with van der Waals surface area (Å²) in [4.78, 5) is 21.8. The molecule has 0 bridgehead atoms. The molecular weight excluding hydrogens is 236 g/mol. The fourth-order valence-corrected chi connectivity index (χ4v) is 1.52. The van der Waals surface area contributed by atoms with Crippen molar-refractivity contribution in [1.82, 2.24) is 10.3 Å². The molecule has 2 heterocycles. The van der Waals surface area contributed by atoms with Gasteiger partial charge >= 0.3 is 0 Å². The van der Waals surface area contributed by atoms with Crippen LogP contribution < -0.4 is 0 Å². The van der Waals surface area contributed by atoms with E-state index in [1.54, 1.807) is 12.1 Å². The second kappa shape index (κ2) is 4.95.